The third-order valence-corrected chi connectivity index (χ3v) is 8.95. The maximum atomic E-state index is 13.5. The van der Waals surface area contributed by atoms with E-state index in [4.69, 9.17) is 9.47 Å². The van der Waals surface area contributed by atoms with E-state index in [-0.39, 0.29) is 16.9 Å². The third kappa shape index (κ3) is 3.04. The molecule has 1 aromatic heterocycles. The second-order valence-electron chi connectivity index (χ2n) is 9.12. The SMILES string of the molecule is CO[C@@H]1CCC[C@]12CCCN(C(=O)c1cc3c(s1)C1(CCNCC1)OCC3)C2. The van der Waals surface area contributed by atoms with Crippen molar-refractivity contribution in [1.82, 2.24) is 10.2 Å². The van der Waals surface area contributed by atoms with Crippen LogP contribution in [0.3, 0.4) is 0 Å². The monoisotopic (exact) mass is 404 g/mol. The zero-order chi connectivity index (χ0) is 19.2. The van der Waals surface area contributed by atoms with Crippen LogP contribution in [0, 0.1) is 5.41 Å². The average molecular weight is 405 g/mol. The van der Waals surface area contributed by atoms with Gasteiger partial charge in [0.1, 0.15) is 5.60 Å². The number of likely N-dealkylation sites (tertiary alicyclic amines) is 1. The number of hydrogen-bond acceptors (Lipinski definition) is 5. The molecule has 1 N–H and O–H groups in total. The summed E-state index contributed by atoms with van der Waals surface area (Å²) in [5.74, 6) is 0.226. The molecule has 5 rings (SSSR count). The molecule has 3 fully saturated rings. The normalized spacial score (nSPS) is 32.0. The summed E-state index contributed by atoms with van der Waals surface area (Å²) in [6.07, 6.45) is 9.11. The Morgan fingerprint density at radius 3 is 2.93 bits per heavy atom. The number of fused-ring (bicyclic) bond motifs is 2. The van der Waals surface area contributed by atoms with Gasteiger partial charge in [-0.1, -0.05) is 6.42 Å². The summed E-state index contributed by atoms with van der Waals surface area (Å²) in [6.45, 7) is 4.50. The Morgan fingerprint density at radius 1 is 1.29 bits per heavy atom. The van der Waals surface area contributed by atoms with Crippen molar-refractivity contribution in [3.63, 3.8) is 0 Å². The van der Waals surface area contributed by atoms with Crippen LogP contribution in [0.25, 0.3) is 0 Å². The molecule has 6 heteroatoms. The van der Waals surface area contributed by atoms with E-state index in [2.05, 4.69) is 16.3 Å². The maximum Gasteiger partial charge on any atom is 0.263 e. The van der Waals surface area contributed by atoms with Gasteiger partial charge in [0, 0.05) is 30.5 Å². The number of carbonyl (C=O) groups is 1. The topological polar surface area (TPSA) is 50.8 Å². The third-order valence-electron chi connectivity index (χ3n) is 7.60. The first-order valence-corrected chi connectivity index (χ1v) is 11.8. The van der Waals surface area contributed by atoms with E-state index < -0.39 is 0 Å². The number of piperidine rings is 2. The number of thiophene rings is 1. The molecule has 0 aromatic carbocycles. The molecule has 0 bridgehead atoms. The van der Waals surface area contributed by atoms with Crippen molar-refractivity contribution >= 4 is 17.2 Å². The molecule has 1 saturated carbocycles. The smallest absolute Gasteiger partial charge is 0.263 e. The zero-order valence-electron chi connectivity index (χ0n) is 16.9. The van der Waals surface area contributed by atoms with E-state index in [9.17, 15) is 4.79 Å². The second kappa shape index (κ2) is 7.38. The molecule has 154 valence electrons. The van der Waals surface area contributed by atoms with Gasteiger partial charge in [-0.15, -0.1) is 11.3 Å². The maximum absolute atomic E-state index is 13.5. The van der Waals surface area contributed by atoms with Crippen LogP contribution in [-0.2, 0) is 21.5 Å². The lowest BCUT2D eigenvalue weighted by Crippen LogP contribution is -2.49. The van der Waals surface area contributed by atoms with Crippen molar-refractivity contribution in [2.75, 3.05) is 39.9 Å². The van der Waals surface area contributed by atoms with Crippen molar-refractivity contribution < 1.29 is 14.3 Å². The molecular formula is C22H32N2O3S. The highest BCUT2D eigenvalue weighted by atomic mass is 32.1. The lowest BCUT2D eigenvalue weighted by atomic mass is 9.76. The van der Waals surface area contributed by atoms with Gasteiger partial charge in [0.15, 0.2) is 0 Å². The van der Waals surface area contributed by atoms with Gasteiger partial charge < -0.3 is 19.7 Å². The minimum absolute atomic E-state index is 0.155. The average Bonchev–Trinajstić information content (AvgIpc) is 3.33. The van der Waals surface area contributed by atoms with Crippen LogP contribution >= 0.6 is 11.3 Å². The lowest BCUT2D eigenvalue weighted by Gasteiger charge is -2.43. The minimum atomic E-state index is -0.155. The molecule has 1 aromatic rings. The van der Waals surface area contributed by atoms with E-state index in [1.54, 1.807) is 11.3 Å². The number of methoxy groups -OCH3 is 1. The second-order valence-corrected chi connectivity index (χ2v) is 10.2. The van der Waals surface area contributed by atoms with Crippen molar-refractivity contribution in [2.24, 2.45) is 5.41 Å². The predicted molar refractivity (Wildman–Crippen MR) is 110 cm³/mol. The number of amides is 1. The van der Waals surface area contributed by atoms with Crippen LogP contribution < -0.4 is 5.32 Å². The van der Waals surface area contributed by atoms with Gasteiger partial charge in [-0.2, -0.15) is 0 Å². The highest BCUT2D eigenvalue weighted by Gasteiger charge is 2.47. The van der Waals surface area contributed by atoms with Crippen LogP contribution in [-0.4, -0.2) is 56.8 Å². The zero-order valence-corrected chi connectivity index (χ0v) is 17.7. The Labute approximate surface area is 171 Å². The van der Waals surface area contributed by atoms with Crippen LogP contribution in [0.4, 0.5) is 0 Å². The van der Waals surface area contributed by atoms with E-state index in [0.29, 0.717) is 6.10 Å². The number of carbonyl (C=O) groups excluding carboxylic acids is 1. The standard InChI is InChI=1S/C22H32N2O3S/c1-26-18-4-2-6-21(18)7-3-12-24(15-21)20(25)17-14-16-5-13-27-22(19(16)28-17)8-10-23-11-9-22/h14,18,23H,2-13,15H2,1H3/t18-,21-/m1/s1. The number of ether oxygens (including phenoxy) is 2. The minimum Gasteiger partial charge on any atom is -0.381 e. The lowest BCUT2D eigenvalue weighted by molar-refractivity contribution is -0.0771. The Kier molecular flexibility index (Phi) is 5.02. The van der Waals surface area contributed by atoms with Gasteiger partial charge in [0.05, 0.1) is 17.6 Å². The van der Waals surface area contributed by atoms with E-state index >= 15 is 0 Å². The van der Waals surface area contributed by atoms with Crippen molar-refractivity contribution in [3.05, 3.63) is 21.4 Å². The van der Waals surface area contributed by atoms with Crippen LogP contribution in [0.15, 0.2) is 6.07 Å². The van der Waals surface area contributed by atoms with Gasteiger partial charge in [0.25, 0.3) is 5.91 Å². The van der Waals surface area contributed by atoms with E-state index in [0.717, 1.165) is 69.8 Å². The van der Waals surface area contributed by atoms with E-state index in [1.165, 1.54) is 29.7 Å². The van der Waals surface area contributed by atoms with Crippen molar-refractivity contribution in [1.29, 1.82) is 0 Å². The van der Waals surface area contributed by atoms with Crippen molar-refractivity contribution in [3.8, 4) is 0 Å². The molecule has 3 aliphatic heterocycles. The summed E-state index contributed by atoms with van der Waals surface area (Å²) in [6, 6.07) is 2.18. The van der Waals surface area contributed by atoms with Crippen LogP contribution in [0.1, 0.15) is 65.1 Å². The molecule has 1 amide bonds. The molecule has 2 saturated heterocycles. The molecule has 1 aliphatic carbocycles. The van der Waals surface area contributed by atoms with Gasteiger partial charge in [-0.05, 0) is 69.7 Å². The summed E-state index contributed by atoms with van der Waals surface area (Å²) < 4.78 is 12.1. The summed E-state index contributed by atoms with van der Waals surface area (Å²) in [7, 11) is 1.84. The molecule has 4 aliphatic rings. The van der Waals surface area contributed by atoms with Crippen LogP contribution in [0.2, 0.25) is 0 Å². The summed E-state index contributed by atoms with van der Waals surface area (Å²) in [4.78, 5) is 17.8. The van der Waals surface area contributed by atoms with Gasteiger partial charge in [-0.25, -0.2) is 0 Å². The highest BCUT2D eigenvalue weighted by molar-refractivity contribution is 7.14. The van der Waals surface area contributed by atoms with Gasteiger partial charge >= 0.3 is 0 Å². The number of nitrogens with one attached hydrogen (secondary N) is 1. The molecule has 0 radical (unpaired) electrons. The quantitative estimate of drug-likeness (QED) is 0.822. The molecule has 2 atom stereocenters. The first-order valence-electron chi connectivity index (χ1n) is 11.0. The Bertz CT molecular complexity index is 742. The molecule has 28 heavy (non-hydrogen) atoms. The van der Waals surface area contributed by atoms with Crippen LogP contribution in [0.5, 0.6) is 0 Å². The fourth-order valence-corrected chi connectivity index (χ4v) is 7.54. The van der Waals surface area contributed by atoms with Gasteiger partial charge in [-0.3, -0.25) is 4.79 Å². The molecule has 2 spiro atoms. The molecule has 5 nitrogen and oxygen atoms in total. The molecular weight excluding hydrogens is 372 g/mol. The Hall–Kier alpha value is -0.950. The Balaban J connectivity index is 1.39. The number of hydrogen-bond donors (Lipinski definition) is 1. The Morgan fingerprint density at radius 2 is 2.11 bits per heavy atom. The molecule has 4 heterocycles. The summed E-state index contributed by atoms with van der Waals surface area (Å²) in [5.41, 5.74) is 1.38. The first kappa shape index (κ1) is 19.0. The predicted octanol–water partition coefficient (Wildman–Crippen LogP) is 3.32. The largest absolute Gasteiger partial charge is 0.381 e. The summed E-state index contributed by atoms with van der Waals surface area (Å²) >= 11 is 1.70. The summed E-state index contributed by atoms with van der Waals surface area (Å²) in [5, 5.41) is 3.44. The van der Waals surface area contributed by atoms with Crippen molar-refractivity contribution in [2.45, 2.75) is 63.1 Å². The highest BCUT2D eigenvalue weighted by Crippen LogP contribution is 2.48. The number of rotatable bonds is 2. The number of nitrogens with zero attached hydrogens (tertiary/aromatic N) is 1. The van der Waals surface area contributed by atoms with E-state index in [1.807, 2.05) is 7.11 Å². The first-order chi connectivity index (χ1) is 13.7. The fourth-order valence-electron chi connectivity index (χ4n) is 6.16. The molecule has 0 unspecified atom stereocenters. The van der Waals surface area contributed by atoms with Gasteiger partial charge in [0.2, 0.25) is 0 Å². The fraction of sp³-hybridized carbons (Fsp3) is 0.773.